The Morgan fingerprint density at radius 2 is 2.17 bits per heavy atom. The van der Waals surface area contributed by atoms with Crippen molar-refractivity contribution >= 4 is 11.7 Å². The molecular formula is C16H16FN3O3. The summed E-state index contributed by atoms with van der Waals surface area (Å²) >= 11 is 0. The zero-order valence-electron chi connectivity index (χ0n) is 12.7. The number of anilines is 1. The summed E-state index contributed by atoms with van der Waals surface area (Å²) in [5, 5.41) is 24.0. The van der Waals surface area contributed by atoms with Crippen LogP contribution in [0, 0.1) is 24.1 Å². The number of carbonyl (C=O) groups is 1. The minimum Gasteiger partial charge on any atom is -0.463 e. The molecule has 0 radical (unpaired) electrons. The molecule has 1 heterocycles. The molecule has 0 aliphatic carbocycles. The first-order chi connectivity index (χ1) is 10.8. The minimum absolute atomic E-state index is 0.0852. The Bertz CT molecular complexity index is 762. The number of furan rings is 1. The van der Waals surface area contributed by atoms with Crippen molar-refractivity contribution in [1.82, 2.24) is 5.32 Å². The smallest absolute Gasteiger partial charge is 0.319 e. The number of aryl methyl sites for hydroxylation is 1. The number of hydrogen-bond donors (Lipinski definition) is 3. The summed E-state index contributed by atoms with van der Waals surface area (Å²) in [6, 6.07) is 8.10. The summed E-state index contributed by atoms with van der Waals surface area (Å²) in [6.45, 7) is 3.18. The van der Waals surface area contributed by atoms with E-state index in [-0.39, 0.29) is 17.8 Å². The monoisotopic (exact) mass is 317 g/mol. The van der Waals surface area contributed by atoms with Gasteiger partial charge in [-0.2, -0.15) is 5.26 Å². The van der Waals surface area contributed by atoms with Gasteiger partial charge in [0.15, 0.2) is 0 Å². The van der Waals surface area contributed by atoms with E-state index in [1.54, 1.807) is 25.1 Å². The van der Waals surface area contributed by atoms with Crippen molar-refractivity contribution in [2.45, 2.75) is 19.4 Å². The summed E-state index contributed by atoms with van der Waals surface area (Å²) in [5.41, 5.74) is -1.26. The summed E-state index contributed by atoms with van der Waals surface area (Å²) < 4.78 is 18.5. The molecule has 2 rings (SSSR count). The van der Waals surface area contributed by atoms with E-state index in [1.165, 1.54) is 19.1 Å². The van der Waals surface area contributed by atoms with Gasteiger partial charge in [0.2, 0.25) is 0 Å². The van der Waals surface area contributed by atoms with Crippen molar-refractivity contribution in [1.29, 1.82) is 5.26 Å². The highest BCUT2D eigenvalue weighted by atomic mass is 19.1. The molecule has 0 aliphatic heterocycles. The second-order valence-corrected chi connectivity index (χ2v) is 5.30. The molecule has 0 saturated heterocycles. The van der Waals surface area contributed by atoms with Crippen molar-refractivity contribution in [2.24, 2.45) is 0 Å². The third-order valence-electron chi connectivity index (χ3n) is 3.21. The molecule has 1 unspecified atom stereocenters. The van der Waals surface area contributed by atoms with Crippen molar-refractivity contribution < 1.29 is 18.7 Å². The fourth-order valence-corrected chi connectivity index (χ4v) is 1.93. The Labute approximate surface area is 132 Å². The highest BCUT2D eigenvalue weighted by Crippen LogP contribution is 2.22. The van der Waals surface area contributed by atoms with Crippen LogP contribution < -0.4 is 10.6 Å². The zero-order chi connectivity index (χ0) is 17.0. The normalized spacial score (nSPS) is 13.0. The SMILES string of the molecule is Cc1ccc(C(C)(O)CNC(=O)Nc2ccc(F)c(C#N)c2)o1. The average molecular weight is 317 g/mol. The lowest BCUT2D eigenvalue weighted by molar-refractivity contribution is 0.0364. The van der Waals surface area contributed by atoms with E-state index in [2.05, 4.69) is 10.6 Å². The number of halogens is 1. The average Bonchev–Trinajstić information content (AvgIpc) is 2.95. The van der Waals surface area contributed by atoms with Crippen LogP contribution in [0.4, 0.5) is 14.9 Å². The van der Waals surface area contributed by atoms with Crippen LogP contribution in [0.3, 0.4) is 0 Å². The van der Waals surface area contributed by atoms with Gasteiger partial charge in [-0.15, -0.1) is 0 Å². The highest BCUT2D eigenvalue weighted by molar-refractivity contribution is 5.89. The summed E-state index contributed by atoms with van der Waals surface area (Å²) in [5.74, 6) is 0.332. The first-order valence-electron chi connectivity index (χ1n) is 6.85. The molecule has 23 heavy (non-hydrogen) atoms. The summed E-state index contributed by atoms with van der Waals surface area (Å²) in [7, 11) is 0. The van der Waals surface area contributed by atoms with Crippen molar-refractivity contribution in [3.05, 3.63) is 53.2 Å². The maximum absolute atomic E-state index is 13.2. The van der Waals surface area contributed by atoms with Gasteiger partial charge in [-0.1, -0.05) is 0 Å². The molecule has 0 aliphatic rings. The Morgan fingerprint density at radius 3 is 2.78 bits per heavy atom. The lowest BCUT2D eigenvalue weighted by Crippen LogP contribution is -2.40. The number of amides is 2. The number of aliphatic hydroxyl groups is 1. The number of benzene rings is 1. The first kappa shape index (κ1) is 16.5. The molecule has 0 fully saturated rings. The number of carbonyl (C=O) groups excluding carboxylic acids is 1. The van der Waals surface area contributed by atoms with Gasteiger partial charge < -0.3 is 20.2 Å². The third-order valence-corrected chi connectivity index (χ3v) is 3.21. The Hall–Kier alpha value is -2.85. The van der Waals surface area contributed by atoms with Crippen LogP contribution in [0.1, 0.15) is 24.0 Å². The van der Waals surface area contributed by atoms with E-state index in [4.69, 9.17) is 9.68 Å². The molecule has 7 heteroatoms. The number of rotatable bonds is 4. The fraction of sp³-hybridized carbons (Fsp3) is 0.250. The molecule has 0 spiro atoms. The number of nitrogens with one attached hydrogen (secondary N) is 2. The van der Waals surface area contributed by atoms with Crippen molar-refractivity contribution in [3.8, 4) is 6.07 Å². The highest BCUT2D eigenvalue weighted by Gasteiger charge is 2.27. The van der Waals surface area contributed by atoms with Crippen LogP contribution in [0.15, 0.2) is 34.7 Å². The van der Waals surface area contributed by atoms with Gasteiger partial charge in [0.1, 0.15) is 29.0 Å². The van der Waals surface area contributed by atoms with Gasteiger partial charge in [-0.05, 0) is 44.2 Å². The van der Waals surface area contributed by atoms with Gasteiger partial charge >= 0.3 is 6.03 Å². The molecule has 2 amide bonds. The molecule has 3 N–H and O–H groups in total. The predicted molar refractivity (Wildman–Crippen MR) is 81.2 cm³/mol. The van der Waals surface area contributed by atoms with E-state index in [1.807, 2.05) is 0 Å². The Morgan fingerprint density at radius 1 is 1.43 bits per heavy atom. The van der Waals surface area contributed by atoms with Crippen LogP contribution in [0.5, 0.6) is 0 Å². The zero-order valence-corrected chi connectivity index (χ0v) is 12.7. The molecule has 120 valence electrons. The number of urea groups is 1. The molecule has 1 atom stereocenters. The predicted octanol–water partition coefficient (Wildman–Crippen LogP) is 2.63. The second-order valence-electron chi connectivity index (χ2n) is 5.30. The standard InChI is InChI=1S/C16H16FN3O3/c1-10-3-6-14(23-10)16(2,22)9-19-15(21)20-12-4-5-13(17)11(7-12)8-18/h3-7,22H,9H2,1-2H3,(H2,19,20,21). The molecule has 0 saturated carbocycles. The molecule has 6 nitrogen and oxygen atoms in total. The van der Waals surface area contributed by atoms with Crippen molar-refractivity contribution in [3.63, 3.8) is 0 Å². The van der Waals surface area contributed by atoms with Crippen LogP contribution in [0.2, 0.25) is 0 Å². The fourth-order valence-electron chi connectivity index (χ4n) is 1.93. The number of nitrogens with zero attached hydrogens (tertiary/aromatic N) is 1. The van der Waals surface area contributed by atoms with Gasteiger partial charge in [0.25, 0.3) is 0 Å². The Kier molecular flexibility index (Phi) is 4.67. The van der Waals surface area contributed by atoms with Crippen molar-refractivity contribution in [2.75, 3.05) is 11.9 Å². The van der Waals surface area contributed by atoms with Crippen LogP contribution in [-0.2, 0) is 5.60 Å². The topological polar surface area (TPSA) is 98.3 Å². The third kappa shape index (κ3) is 4.08. The van der Waals surface area contributed by atoms with Gasteiger partial charge in [-0.25, -0.2) is 9.18 Å². The van der Waals surface area contributed by atoms with Crippen LogP contribution in [0.25, 0.3) is 0 Å². The van der Waals surface area contributed by atoms with E-state index >= 15 is 0 Å². The van der Waals surface area contributed by atoms with Crippen LogP contribution in [-0.4, -0.2) is 17.7 Å². The van der Waals surface area contributed by atoms with E-state index in [9.17, 15) is 14.3 Å². The van der Waals surface area contributed by atoms with Crippen LogP contribution >= 0.6 is 0 Å². The number of hydrogen-bond acceptors (Lipinski definition) is 4. The maximum atomic E-state index is 13.2. The largest absolute Gasteiger partial charge is 0.463 e. The summed E-state index contributed by atoms with van der Waals surface area (Å²) in [4.78, 5) is 11.8. The molecular weight excluding hydrogens is 301 g/mol. The molecule has 1 aromatic carbocycles. The second kappa shape index (κ2) is 6.50. The Balaban J connectivity index is 1.96. The van der Waals surface area contributed by atoms with Gasteiger partial charge in [-0.3, -0.25) is 0 Å². The van der Waals surface area contributed by atoms with E-state index in [0.29, 0.717) is 11.5 Å². The van der Waals surface area contributed by atoms with E-state index < -0.39 is 17.4 Å². The molecule has 0 bridgehead atoms. The summed E-state index contributed by atoms with van der Waals surface area (Å²) in [6.07, 6.45) is 0. The van der Waals surface area contributed by atoms with E-state index in [0.717, 1.165) is 6.07 Å². The van der Waals surface area contributed by atoms with Gasteiger partial charge in [0.05, 0.1) is 12.1 Å². The molecule has 1 aromatic heterocycles. The first-order valence-corrected chi connectivity index (χ1v) is 6.85. The minimum atomic E-state index is -1.37. The lowest BCUT2D eigenvalue weighted by Gasteiger charge is -2.21. The molecule has 2 aromatic rings. The van der Waals surface area contributed by atoms with Gasteiger partial charge in [0, 0.05) is 5.69 Å². The quantitative estimate of drug-likeness (QED) is 0.807. The number of nitriles is 1. The maximum Gasteiger partial charge on any atom is 0.319 e. The lowest BCUT2D eigenvalue weighted by atomic mass is 10.0.